The van der Waals surface area contributed by atoms with Gasteiger partial charge in [-0.25, -0.2) is 0 Å². The highest BCUT2D eigenvalue weighted by Crippen LogP contribution is 2.42. The van der Waals surface area contributed by atoms with E-state index in [0.29, 0.717) is 0 Å². The van der Waals surface area contributed by atoms with Crippen LogP contribution >= 0.6 is 0 Å². The molecule has 0 aromatic heterocycles. The summed E-state index contributed by atoms with van der Waals surface area (Å²) in [5, 5.41) is 0. The van der Waals surface area contributed by atoms with Gasteiger partial charge >= 0.3 is 0 Å². The zero-order chi connectivity index (χ0) is 24.3. The summed E-state index contributed by atoms with van der Waals surface area (Å²) >= 11 is 0. The number of methoxy groups -OCH3 is 3. The average Bonchev–Trinajstić information content (AvgIpc) is 3.53. The molecule has 0 N–H and O–H groups in total. The highest BCUT2D eigenvalue weighted by Gasteiger charge is 2.59. The lowest BCUT2D eigenvalue weighted by Gasteiger charge is -2.30. The Morgan fingerprint density at radius 2 is 1.38 bits per heavy atom. The van der Waals surface area contributed by atoms with Crippen LogP contribution in [-0.4, -0.2) is 114 Å². The first-order chi connectivity index (χ1) is 16.1. The first kappa shape index (κ1) is 25.2. The molecule has 5 heterocycles. The highest BCUT2D eigenvalue weighted by molar-refractivity contribution is 4.99. The number of rotatable bonds is 8. The van der Waals surface area contributed by atoms with Gasteiger partial charge in [-0.2, -0.15) is 0 Å². The van der Waals surface area contributed by atoms with Crippen LogP contribution < -0.4 is 0 Å². The molecule has 0 aliphatic carbocycles. The third-order valence-electron chi connectivity index (χ3n) is 6.71. The van der Waals surface area contributed by atoms with Gasteiger partial charge in [-0.15, -0.1) is 0 Å². The SMILES string of the molecule is CO[C@@H]1[C@H]2OC(C)(C)O[C@H]2O[C@@H]1[C@@H](COC1OC[C@H]([C@H]2O[C@@H]3OC(C)(C)O[C@@H]3[C@H]2OC)O1)OC. The third-order valence-corrected chi connectivity index (χ3v) is 6.71. The van der Waals surface area contributed by atoms with Crippen molar-refractivity contribution in [1.82, 2.24) is 0 Å². The largest absolute Gasteiger partial charge is 0.376 e. The van der Waals surface area contributed by atoms with Gasteiger partial charge in [-0.1, -0.05) is 0 Å². The molecule has 5 saturated heterocycles. The molecule has 12 nitrogen and oxygen atoms in total. The van der Waals surface area contributed by atoms with Crippen molar-refractivity contribution < 1.29 is 56.8 Å². The fourth-order valence-corrected chi connectivity index (χ4v) is 5.27. The Kier molecular flexibility index (Phi) is 6.99. The molecule has 196 valence electrons. The molecule has 0 bridgehead atoms. The summed E-state index contributed by atoms with van der Waals surface area (Å²) in [4.78, 5) is 0. The Labute approximate surface area is 199 Å². The quantitative estimate of drug-likeness (QED) is 0.470. The number of fused-ring (bicyclic) bond motifs is 2. The minimum absolute atomic E-state index is 0.145. The monoisotopic (exact) mass is 492 g/mol. The van der Waals surface area contributed by atoms with Crippen LogP contribution in [-0.2, 0) is 56.8 Å². The van der Waals surface area contributed by atoms with Gasteiger partial charge in [0.25, 0.3) is 6.48 Å². The Morgan fingerprint density at radius 1 is 0.765 bits per heavy atom. The highest BCUT2D eigenvalue weighted by atomic mass is 16.9. The fraction of sp³-hybridized carbons (Fsp3) is 1.00. The predicted octanol–water partition coefficient (Wildman–Crippen LogP) is 0.500. The second-order valence-electron chi connectivity index (χ2n) is 9.94. The third kappa shape index (κ3) is 4.64. The van der Waals surface area contributed by atoms with Crippen molar-refractivity contribution in [1.29, 1.82) is 0 Å². The van der Waals surface area contributed by atoms with Crippen molar-refractivity contribution in [2.75, 3.05) is 34.5 Å². The van der Waals surface area contributed by atoms with Crippen molar-refractivity contribution in [2.45, 2.75) is 107 Å². The Morgan fingerprint density at radius 3 is 2.00 bits per heavy atom. The first-order valence-corrected chi connectivity index (χ1v) is 11.6. The van der Waals surface area contributed by atoms with Crippen LogP contribution in [0.15, 0.2) is 0 Å². The summed E-state index contributed by atoms with van der Waals surface area (Å²) in [5.41, 5.74) is 0. The lowest BCUT2D eigenvalue weighted by atomic mass is 10.1. The summed E-state index contributed by atoms with van der Waals surface area (Å²) in [6, 6.07) is 0. The molecule has 0 aromatic carbocycles. The Bertz CT molecular complexity index is 718. The molecule has 5 fully saturated rings. The number of hydrogen-bond acceptors (Lipinski definition) is 12. The molecule has 5 aliphatic heterocycles. The van der Waals surface area contributed by atoms with Crippen LogP contribution in [0.25, 0.3) is 0 Å². The second kappa shape index (κ2) is 9.43. The van der Waals surface area contributed by atoms with E-state index in [9.17, 15) is 0 Å². The Hall–Kier alpha value is -0.480. The van der Waals surface area contributed by atoms with Crippen LogP contribution in [0.3, 0.4) is 0 Å². The van der Waals surface area contributed by atoms with Crippen molar-refractivity contribution in [3.63, 3.8) is 0 Å². The van der Waals surface area contributed by atoms with E-state index in [1.807, 2.05) is 27.7 Å². The van der Waals surface area contributed by atoms with E-state index in [1.165, 1.54) is 0 Å². The zero-order valence-electron chi connectivity index (χ0n) is 20.7. The molecule has 0 saturated carbocycles. The summed E-state index contributed by atoms with van der Waals surface area (Å²) in [6.07, 6.45) is -4.24. The van der Waals surface area contributed by atoms with E-state index in [-0.39, 0.29) is 37.6 Å². The molecule has 1 unspecified atom stereocenters. The smallest absolute Gasteiger partial charge is 0.272 e. The van der Waals surface area contributed by atoms with E-state index in [1.54, 1.807) is 21.3 Å². The van der Waals surface area contributed by atoms with Gasteiger partial charge in [0.15, 0.2) is 24.2 Å². The lowest BCUT2D eigenvalue weighted by molar-refractivity contribution is -0.274. The van der Waals surface area contributed by atoms with Crippen LogP contribution in [0, 0.1) is 0 Å². The topological polar surface area (TPSA) is 111 Å². The Balaban J connectivity index is 1.14. The van der Waals surface area contributed by atoms with Crippen molar-refractivity contribution in [3.05, 3.63) is 0 Å². The molecular formula is C22H36O12. The van der Waals surface area contributed by atoms with E-state index in [2.05, 4.69) is 0 Å². The molecule has 34 heavy (non-hydrogen) atoms. The fourth-order valence-electron chi connectivity index (χ4n) is 5.27. The second-order valence-corrected chi connectivity index (χ2v) is 9.94. The molecule has 5 aliphatic rings. The van der Waals surface area contributed by atoms with E-state index >= 15 is 0 Å². The van der Waals surface area contributed by atoms with Crippen molar-refractivity contribution >= 4 is 0 Å². The molecule has 0 radical (unpaired) electrons. The maximum Gasteiger partial charge on any atom is 0.272 e. The molecule has 11 atom stereocenters. The van der Waals surface area contributed by atoms with Gasteiger partial charge in [0.05, 0.1) is 13.2 Å². The molecule has 12 heteroatoms. The van der Waals surface area contributed by atoms with Gasteiger partial charge in [-0.3, -0.25) is 0 Å². The van der Waals surface area contributed by atoms with Crippen LogP contribution in [0.2, 0.25) is 0 Å². The number of hydrogen-bond donors (Lipinski definition) is 0. The van der Waals surface area contributed by atoms with Gasteiger partial charge in [-0.05, 0) is 27.7 Å². The average molecular weight is 493 g/mol. The van der Waals surface area contributed by atoms with Crippen molar-refractivity contribution in [2.24, 2.45) is 0 Å². The molecule has 0 spiro atoms. The summed E-state index contributed by atoms with van der Waals surface area (Å²) in [6.45, 7) is 6.89. The van der Waals surface area contributed by atoms with Gasteiger partial charge in [0.2, 0.25) is 0 Å². The normalized spacial score (nSPS) is 47.7. The van der Waals surface area contributed by atoms with Gasteiger partial charge in [0, 0.05) is 21.3 Å². The van der Waals surface area contributed by atoms with E-state index in [0.717, 1.165) is 0 Å². The molecule has 0 aromatic rings. The maximum atomic E-state index is 6.06. The first-order valence-electron chi connectivity index (χ1n) is 11.6. The summed E-state index contributed by atoms with van der Waals surface area (Å²) in [7, 11) is 4.80. The van der Waals surface area contributed by atoms with Gasteiger partial charge in [0.1, 0.15) is 48.8 Å². The number of ether oxygens (including phenoxy) is 12. The summed E-state index contributed by atoms with van der Waals surface area (Å²) < 4.78 is 70.2. The van der Waals surface area contributed by atoms with Crippen LogP contribution in [0.5, 0.6) is 0 Å². The minimum Gasteiger partial charge on any atom is -0.376 e. The molecule has 5 rings (SSSR count). The molecule has 0 amide bonds. The minimum atomic E-state index is -0.893. The van der Waals surface area contributed by atoms with E-state index in [4.69, 9.17) is 56.8 Å². The van der Waals surface area contributed by atoms with Crippen LogP contribution in [0.4, 0.5) is 0 Å². The lowest BCUT2D eigenvalue weighted by Crippen LogP contribution is -2.45. The van der Waals surface area contributed by atoms with Gasteiger partial charge < -0.3 is 56.8 Å². The van der Waals surface area contributed by atoms with Crippen molar-refractivity contribution in [3.8, 4) is 0 Å². The standard InChI is InChI=1S/C22H36O12/c1-21(2)31-16-14(24-6)12(29-18(16)33-21)10(23-5)8-26-20-27-9-11(28-20)13-15(25-7)17-19(30-13)34-22(3,4)32-17/h10-20H,8-9H2,1-7H3/t10-,11-,12-,13-,14+,15+,16-,17-,18-,19-,20?/m1/s1. The molecular weight excluding hydrogens is 456 g/mol. The predicted molar refractivity (Wildman–Crippen MR) is 110 cm³/mol. The van der Waals surface area contributed by atoms with Crippen LogP contribution in [0.1, 0.15) is 27.7 Å². The maximum absolute atomic E-state index is 6.06. The van der Waals surface area contributed by atoms with E-state index < -0.39 is 55.0 Å². The zero-order valence-corrected chi connectivity index (χ0v) is 20.7. The summed E-state index contributed by atoms with van der Waals surface area (Å²) in [5.74, 6) is -1.46.